The van der Waals surface area contributed by atoms with Crippen molar-refractivity contribution in [2.24, 2.45) is 5.92 Å². The standard InChI is InChI=1S/C14H17BrN2/c1-10(2)17(9-11-3-4-11)14-7-13(15)6-5-12(14)8-16/h5-7,10-11H,3-4,9H2,1-2H3. The van der Waals surface area contributed by atoms with E-state index in [-0.39, 0.29) is 0 Å². The highest BCUT2D eigenvalue weighted by atomic mass is 79.9. The summed E-state index contributed by atoms with van der Waals surface area (Å²) in [6.45, 7) is 5.44. The van der Waals surface area contributed by atoms with Gasteiger partial charge >= 0.3 is 0 Å². The molecule has 0 radical (unpaired) electrons. The summed E-state index contributed by atoms with van der Waals surface area (Å²) < 4.78 is 1.04. The van der Waals surface area contributed by atoms with Crippen molar-refractivity contribution < 1.29 is 0 Å². The molecule has 1 aromatic carbocycles. The zero-order valence-electron chi connectivity index (χ0n) is 10.3. The second kappa shape index (κ2) is 5.10. The van der Waals surface area contributed by atoms with E-state index in [4.69, 9.17) is 0 Å². The van der Waals surface area contributed by atoms with Crippen LogP contribution in [0.4, 0.5) is 5.69 Å². The van der Waals surface area contributed by atoms with Crippen LogP contribution in [0.5, 0.6) is 0 Å². The molecule has 1 saturated carbocycles. The molecule has 0 unspecified atom stereocenters. The summed E-state index contributed by atoms with van der Waals surface area (Å²) in [6, 6.07) is 8.59. The fourth-order valence-electron chi connectivity index (χ4n) is 2.00. The van der Waals surface area contributed by atoms with E-state index in [1.54, 1.807) is 0 Å². The van der Waals surface area contributed by atoms with E-state index >= 15 is 0 Å². The number of nitrogens with zero attached hydrogens (tertiary/aromatic N) is 2. The first-order valence-corrected chi connectivity index (χ1v) is 6.87. The molecule has 0 spiro atoms. The van der Waals surface area contributed by atoms with Gasteiger partial charge in [-0.15, -0.1) is 0 Å². The molecular formula is C14H17BrN2. The molecule has 0 amide bonds. The summed E-state index contributed by atoms with van der Waals surface area (Å²) in [7, 11) is 0. The van der Waals surface area contributed by atoms with Gasteiger partial charge in [-0.1, -0.05) is 15.9 Å². The van der Waals surface area contributed by atoms with Gasteiger partial charge in [-0.25, -0.2) is 0 Å². The van der Waals surface area contributed by atoms with E-state index in [0.717, 1.165) is 28.2 Å². The molecule has 0 bridgehead atoms. The molecule has 1 aliphatic rings. The second-order valence-electron chi connectivity index (χ2n) is 4.96. The van der Waals surface area contributed by atoms with Gasteiger partial charge in [0.25, 0.3) is 0 Å². The first-order valence-electron chi connectivity index (χ1n) is 6.08. The molecule has 1 aromatic rings. The first kappa shape index (κ1) is 12.4. The molecule has 2 nitrogen and oxygen atoms in total. The smallest absolute Gasteiger partial charge is 0.101 e. The minimum absolute atomic E-state index is 0.428. The predicted octanol–water partition coefficient (Wildman–Crippen LogP) is 3.95. The van der Waals surface area contributed by atoms with Gasteiger partial charge in [-0.3, -0.25) is 0 Å². The Morgan fingerprint density at radius 2 is 2.18 bits per heavy atom. The van der Waals surface area contributed by atoms with Crippen LogP contribution in [0.15, 0.2) is 22.7 Å². The van der Waals surface area contributed by atoms with E-state index in [0.29, 0.717) is 6.04 Å². The number of nitriles is 1. The van der Waals surface area contributed by atoms with Crippen LogP contribution in [0.25, 0.3) is 0 Å². The second-order valence-corrected chi connectivity index (χ2v) is 5.88. The van der Waals surface area contributed by atoms with Crippen molar-refractivity contribution >= 4 is 21.6 Å². The lowest BCUT2D eigenvalue weighted by Crippen LogP contribution is -2.33. The third-order valence-corrected chi connectivity index (χ3v) is 3.66. The van der Waals surface area contributed by atoms with Crippen LogP contribution in [-0.4, -0.2) is 12.6 Å². The number of hydrogen-bond donors (Lipinski definition) is 0. The molecule has 1 aliphatic carbocycles. The molecule has 0 N–H and O–H groups in total. The normalized spacial score (nSPS) is 14.8. The summed E-state index contributed by atoms with van der Waals surface area (Å²) in [5.74, 6) is 0.822. The number of halogens is 1. The van der Waals surface area contributed by atoms with Crippen molar-refractivity contribution in [1.29, 1.82) is 5.26 Å². The Labute approximate surface area is 111 Å². The van der Waals surface area contributed by atoms with Crippen LogP contribution < -0.4 is 4.90 Å². The van der Waals surface area contributed by atoms with Crippen molar-refractivity contribution in [3.63, 3.8) is 0 Å². The topological polar surface area (TPSA) is 27.0 Å². The third-order valence-electron chi connectivity index (χ3n) is 3.16. The number of benzene rings is 1. The molecule has 17 heavy (non-hydrogen) atoms. The van der Waals surface area contributed by atoms with Crippen LogP contribution >= 0.6 is 15.9 Å². The zero-order chi connectivity index (χ0) is 12.4. The Morgan fingerprint density at radius 3 is 2.71 bits per heavy atom. The minimum Gasteiger partial charge on any atom is -0.368 e. The Kier molecular flexibility index (Phi) is 3.73. The molecule has 2 rings (SSSR count). The van der Waals surface area contributed by atoms with Gasteiger partial charge in [0.15, 0.2) is 0 Å². The van der Waals surface area contributed by atoms with Crippen molar-refractivity contribution in [2.75, 3.05) is 11.4 Å². The highest BCUT2D eigenvalue weighted by Crippen LogP contribution is 2.34. The van der Waals surface area contributed by atoms with Crippen LogP contribution in [0, 0.1) is 17.2 Å². The molecule has 0 heterocycles. The maximum Gasteiger partial charge on any atom is 0.101 e. The van der Waals surface area contributed by atoms with E-state index in [1.165, 1.54) is 12.8 Å². The van der Waals surface area contributed by atoms with Gasteiger partial charge in [-0.2, -0.15) is 5.26 Å². The molecule has 3 heteroatoms. The van der Waals surface area contributed by atoms with Gasteiger partial charge in [-0.05, 0) is 50.8 Å². The van der Waals surface area contributed by atoms with Crippen molar-refractivity contribution in [3.8, 4) is 6.07 Å². The van der Waals surface area contributed by atoms with Crippen LogP contribution in [0.1, 0.15) is 32.3 Å². The van der Waals surface area contributed by atoms with Crippen molar-refractivity contribution in [3.05, 3.63) is 28.2 Å². The van der Waals surface area contributed by atoms with E-state index in [1.807, 2.05) is 12.1 Å². The van der Waals surface area contributed by atoms with Crippen LogP contribution in [0.2, 0.25) is 0 Å². The number of hydrogen-bond acceptors (Lipinski definition) is 2. The van der Waals surface area contributed by atoms with Crippen LogP contribution in [0.3, 0.4) is 0 Å². The highest BCUT2D eigenvalue weighted by Gasteiger charge is 2.26. The fourth-order valence-corrected chi connectivity index (χ4v) is 2.35. The Hall–Kier alpha value is -1.01. The van der Waals surface area contributed by atoms with Crippen molar-refractivity contribution in [2.45, 2.75) is 32.7 Å². The van der Waals surface area contributed by atoms with Crippen molar-refractivity contribution in [1.82, 2.24) is 0 Å². The van der Waals surface area contributed by atoms with Gasteiger partial charge in [0.05, 0.1) is 11.3 Å². The summed E-state index contributed by atoms with van der Waals surface area (Å²) in [4.78, 5) is 2.35. The lowest BCUT2D eigenvalue weighted by molar-refractivity contribution is 0.644. The van der Waals surface area contributed by atoms with Crippen LogP contribution in [-0.2, 0) is 0 Å². The lowest BCUT2D eigenvalue weighted by atomic mass is 10.1. The van der Waals surface area contributed by atoms with E-state index in [9.17, 15) is 5.26 Å². The van der Waals surface area contributed by atoms with E-state index < -0.39 is 0 Å². The maximum atomic E-state index is 9.20. The van der Waals surface area contributed by atoms with E-state index in [2.05, 4.69) is 46.8 Å². The monoisotopic (exact) mass is 292 g/mol. The minimum atomic E-state index is 0.428. The largest absolute Gasteiger partial charge is 0.368 e. The molecular weight excluding hydrogens is 276 g/mol. The summed E-state index contributed by atoms with van der Waals surface area (Å²) in [5, 5.41) is 9.20. The fraction of sp³-hybridized carbons (Fsp3) is 0.500. The molecule has 0 aliphatic heterocycles. The summed E-state index contributed by atoms with van der Waals surface area (Å²) in [5.41, 5.74) is 1.83. The number of rotatable bonds is 4. The number of anilines is 1. The quantitative estimate of drug-likeness (QED) is 0.840. The third kappa shape index (κ3) is 3.01. The average Bonchev–Trinajstić information content (AvgIpc) is 3.09. The predicted molar refractivity (Wildman–Crippen MR) is 74.1 cm³/mol. The Balaban J connectivity index is 2.33. The molecule has 0 aromatic heterocycles. The molecule has 0 atom stereocenters. The maximum absolute atomic E-state index is 9.20. The molecule has 90 valence electrons. The Bertz CT molecular complexity index is 444. The molecule has 1 fully saturated rings. The zero-order valence-corrected chi connectivity index (χ0v) is 11.9. The van der Waals surface area contributed by atoms with Gasteiger partial charge in [0, 0.05) is 17.1 Å². The summed E-state index contributed by atoms with van der Waals surface area (Å²) >= 11 is 3.49. The summed E-state index contributed by atoms with van der Waals surface area (Å²) in [6.07, 6.45) is 2.66. The SMILES string of the molecule is CC(C)N(CC1CC1)c1cc(Br)ccc1C#N. The molecule has 0 saturated heterocycles. The highest BCUT2D eigenvalue weighted by molar-refractivity contribution is 9.10. The Morgan fingerprint density at radius 1 is 1.47 bits per heavy atom. The van der Waals surface area contributed by atoms with Gasteiger partial charge < -0.3 is 4.90 Å². The van der Waals surface area contributed by atoms with Gasteiger partial charge in [0.1, 0.15) is 6.07 Å². The average molecular weight is 293 g/mol. The first-order chi connectivity index (χ1) is 8.11. The van der Waals surface area contributed by atoms with Gasteiger partial charge in [0.2, 0.25) is 0 Å². The lowest BCUT2D eigenvalue weighted by Gasteiger charge is -2.30.